The van der Waals surface area contributed by atoms with E-state index in [1.807, 2.05) is 4.90 Å². The molecule has 1 aromatic carbocycles. The first-order valence-corrected chi connectivity index (χ1v) is 9.10. The summed E-state index contributed by atoms with van der Waals surface area (Å²) < 4.78 is 14.0. The van der Waals surface area contributed by atoms with Crippen molar-refractivity contribution in [2.24, 2.45) is 0 Å². The summed E-state index contributed by atoms with van der Waals surface area (Å²) in [6.07, 6.45) is 4.60. The van der Waals surface area contributed by atoms with Crippen LogP contribution >= 0.6 is 0 Å². The van der Waals surface area contributed by atoms with E-state index in [0.717, 1.165) is 32.1 Å². The number of hydrogen-bond acceptors (Lipinski definition) is 2. The number of amides is 3. The van der Waals surface area contributed by atoms with Crippen LogP contribution in [0.15, 0.2) is 24.3 Å². The van der Waals surface area contributed by atoms with Crippen LogP contribution in [-0.4, -0.2) is 46.9 Å². The first kappa shape index (κ1) is 17.7. The number of halogens is 1. The van der Waals surface area contributed by atoms with Crippen LogP contribution in [0.4, 0.5) is 9.18 Å². The number of urea groups is 1. The van der Waals surface area contributed by atoms with Crippen LogP contribution in [0.3, 0.4) is 0 Å². The number of rotatable bonds is 4. The molecule has 1 heterocycles. The summed E-state index contributed by atoms with van der Waals surface area (Å²) in [5.41, 5.74) is 0.552. The Morgan fingerprint density at radius 2 is 1.88 bits per heavy atom. The smallest absolute Gasteiger partial charge is 0.318 e. The third-order valence-corrected chi connectivity index (χ3v) is 5.34. The number of nitrogens with one attached hydrogen (secondary N) is 1. The van der Waals surface area contributed by atoms with E-state index >= 15 is 0 Å². The largest absolute Gasteiger partial charge is 0.343 e. The fourth-order valence-electron chi connectivity index (χ4n) is 3.47. The van der Waals surface area contributed by atoms with Crippen LogP contribution in [0.1, 0.15) is 44.6 Å². The summed E-state index contributed by atoms with van der Waals surface area (Å²) in [5.74, 6) is -0.185. The molecule has 1 saturated heterocycles. The molecule has 0 bridgehead atoms. The number of nitrogens with zero attached hydrogens (tertiary/aromatic N) is 2. The van der Waals surface area contributed by atoms with Gasteiger partial charge in [-0.05, 0) is 38.2 Å². The molecule has 1 aliphatic heterocycles. The first-order chi connectivity index (χ1) is 12.0. The van der Waals surface area contributed by atoms with Gasteiger partial charge in [0.2, 0.25) is 5.91 Å². The molecule has 1 saturated carbocycles. The maximum Gasteiger partial charge on any atom is 0.318 e. The molecule has 1 aliphatic carbocycles. The zero-order valence-electron chi connectivity index (χ0n) is 14.7. The highest BCUT2D eigenvalue weighted by Crippen LogP contribution is 2.27. The van der Waals surface area contributed by atoms with Gasteiger partial charge >= 0.3 is 6.03 Å². The highest BCUT2D eigenvalue weighted by Gasteiger charge is 2.31. The lowest BCUT2D eigenvalue weighted by Crippen LogP contribution is -2.53. The highest BCUT2D eigenvalue weighted by molar-refractivity contribution is 5.75. The minimum Gasteiger partial charge on any atom is -0.343 e. The Hall–Kier alpha value is -2.11. The van der Waals surface area contributed by atoms with Crippen LogP contribution in [0.2, 0.25) is 0 Å². The van der Waals surface area contributed by atoms with Crippen LogP contribution in [0, 0.1) is 5.82 Å². The van der Waals surface area contributed by atoms with E-state index in [9.17, 15) is 14.0 Å². The fourth-order valence-corrected chi connectivity index (χ4v) is 3.47. The van der Waals surface area contributed by atoms with Crippen molar-refractivity contribution in [2.75, 3.05) is 13.1 Å². The maximum atomic E-state index is 14.0. The van der Waals surface area contributed by atoms with E-state index < -0.39 is 0 Å². The SMILES string of the molecule is CC(=O)N1CCC(NC(=O)N(Cc2ccccc2F)C2CCC2)CC1. The quantitative estimate of drug-likeness (QED) is 0.910. The van der Waals surface area contributed by atoms with Crippen molar-refractivity contribution in [3.63, 3.8) is 0 Å². The number of hydrogen-bond donors (Lipinski definition) is 1. The summed E-state index contributed by atoms with van der Waals surface area (Å²) >= 11 is 0. The van der Waals surface area contributed by atoms with E-state index in [1.54, 1.807) is 30.0 Å². The van der Waals surface area contributed by atoms with Crippen LogP contribution in [0.25, 0.3) is 0 Å². The van der Waals surface area contributed by atoms with Crippen molar-refractivity contribution in [3.05, 3.63) is 35.6 Å². The Balaban J connectivity index is 1.60. The van der Waals surface area contributed by atoms with Gasteiger partial charge in [-0.25, -0.2) is 9.18 Å². The summed E-state index contributed by atoms with van der Waals surface area (Å²) in [5, 5.41) is 3.09. The van der Waals surface area contributed by atoms with E-state index in [0.29, 0.717) is 25.2 Å². The molecule has 0 atom stereocenters. The third kappa shape index (κ3) is 4.30. The van der Waals surface area contributed by atoms with Gasteiger partial charge in [0.25, 0.3) is 0 Å². The number of carbonyl (C=O) groups excluding carboxylic acids is 2. The van der Waals surface area contributed by atoms with Gasteiger partial charge < -0.3 is 15.1 Å². The molecule has 0 unspecified atom stereocenters. The highest BCUT2D eigenvalue weighted by atomic mass is 19.1. The second-order valence-electron chi connectivity index (χ2n) is 7.03. The molecule has 1 aromatic rings. The van der Waals surface area contributed by atoms with E-state index in [4.69, 9.17) is 0 Å². The van der Waals surface area contributed by atoms with Crippen LogP contribution in [0.5, 0.6) is 0 Å². The minimum absolute atomic E-state index is 0.0753. The van der Waals surface area contributed by atoms with Crippen molar-refractivity contribution in [1.82, 2.24) is 15.1 Å². The van der Waals surface area contributed by atoms with E-state index in [2.05, 4.69) is 5.32 Å². The molecule has 3 rings (SSSR count). The van der Waals surface area contributed by atoms with Crippen molar-refractivity contribution in [3.8, 4) is 0 Å². The second kappa shape index (κ2) is 7.85. The lowest BCUT2D eigenvalue weighted by molar-refractivity contribution is -0.129. The molecule has 0 spiro atoms. The van der Waals surface area contributed by atoms with Gasteiger partial charge in [0.1, 0.15) is 5.82 Å². The predicted octanol–water partition coefficient (Wildman–Crippen LogP) is 2.90. The molecule has 136 valence electrons. The van der Waals surface area contributed by atoms with E-state index in [1.165, 1.54) is 6.07 Å². The Labute approximate surface area is 148 Å². The van der Waals surface area contributed by atoms with E-state index in [-0.39, 0.29) is 29.8 Å². The Morgan fingerprint density at radius 3 is 2.44 bits per heavy atom. The number of carbonyl (C=O) groups is 2. The molecule has 2 aliphatic rings. The molecule has 3 amide bonds. The molecular formula is C19H26FN3O2. The molecule has 5 nitrogen and oxygen atoms in total. The van der Waals surface area contributed by atoms with Crippen molar-refractivity contribution < 1.29 is 14.0 Å². The third-order valence-electron chi connectivity index (χ3n) is 5.34. The number of benzene rings is 1. The summed E-state index contributed by atoms with van der Waals surface area (Å²) in [6.45, 7) is 3.23. The van der Waals surface area contributed by atoms with Gasteiger partial charge in [0.05, 0.1) is 6.54 Å². The standard InChI is InChI=1S/C19H26FN3O2/c1-14(24)22-11-9-16(10-12-22)21-19(25)23(17-6-4-7-17)13-15-5-2-3-8-18(15)20/h2-3,5,8,16-17H,4,6-7,9-13H2,1H3,(H,21,25). The summed E-state index contributed by atoms with van der Waals surface area (Å²) in [6, 6.07) is 6.78. The zero-order chi connectivity index (χ0) is 17.8. The lowest BCUT2D eigenvalue weighted by atomic mass is 9.91. The van der Waals surface area contributed by atoms with Crippen molar-refractivity contribution in [1.29, 1.82) is 0 Å². The van der Waals surface area contributed by atoms with Gasteiger partial charge in [0, 0.05) is 37.7 Å². The molecule has 6 heteroatoms. The van der Waals surface area contributed by atoms with Crippen molar-refractivity contribution in [2.45, 2.75) is 57.7 Å². The maximum absolute atomic E-state index is 14.0. The van der Waals surface area contributed by atoms with Gasteiger partial charge in [-0.3, -0.25) is 4.79 Å². The predicted molar refractivity (Wildman–Crippen MR) is 93.4 cm³/mol. The lowest BCUT2D eigenvalue weighted by Gasteiger charge is -2.39. The Morgan fingerprint density at radius 1 is 1.20 bits per heavy atom. The number of likely N-dealkylation sites (tertiary alicyclic amines) is 1. The fraction of sp³-hybridized carbons (Fsp3) is 0.579. The Kier molecular flexibility index (Phi) is 5.56. The average molecular weight is 347 g/mol. The van der Waals surface area contributed by atoms with Crippen LogP contribution in [-0.2, 0) is 11.3 Å². The molecule has 0 aromatic heterocycles. The average Bonchev–Trinajstić information content (AvgIpc) is 2.55. The summed E-state index contributed by atoms with van der Waals surface area (Å²) in [4.78, 5) is 27.8. The summed E-state index contributed by atoms with van der Waals surface area (Å²) in [7, 11) is 0. The monoisotopic (exact) mass is 347 g/mol. The normalized spacial score (nSPS) is 18.6. The van der Waals surface area contributed by atoms with Gasteiger partial charge in [-0.1, -0.05) is 18.2 Å². The minimum atomic E-state index is -0.269. The molecule has 1 N–H and O–H groups in total. The second-order valence-corrected chi connectivity index (χ2v) is 7.03. The van der Waals surface area contributed by atoms with Gasteiger partial charge in [-0.2, -0.15) is 0 Å². The molecule has 0 radical (unpaired) electrons. The molecular weight excluding hydrogens is 321 g/mol. The van der Waals surface area contributed by atoms with Gasteiger partial charge in [0.15, 0.2) is 0 Å². The van der Waals surface area contributed by atoms with Gasteiger partial charge in [-0.15, -0.1) is 0 Å². The zero-order valence-corrected chi connectivity index (χ0v) is 14.7. The first-order valence-electron chi connectivity index (χ1n) is 9.10. The molecule has 2 fully saturated rings. The molecule has 25 heavy (non-hydrogen) atoms. The topological polar surface area (TPSA) is 52.7 Å². The van der Waals surface area contributed by atoms with Crippen LogP contribution < -0.4 is 5.32 Å². The Bertz CT molecular complexity index is 625. The number of piperidine rings is 1. The van der Waals surface area contributed by atoms with Crippen molar-refractivity contribution >= 4 is 11.9 Å².